The predicted molar refractivity (Wildman–Crippen MR) is 72.1 cm³/mol. The Kier molecular flexibility index (Phi) is 4.31. The van der Waals surface area contributed by atoms with Crippen molar-refractivity contribution >= 4 is 11.5 Å². The van der Waals surface area contributed by atoms with E-state index in [0.29, 0.717) is 11.7 Å². The average molecular weight is 265 g/mol. The molecule has 19 heavy (non-hydrogen) atoms. The highest BCUT2D eigenvalue weighted by molar-refractivity contribution is 5.48. The van der Waals surface area contributed by atoms with E-state index < -0.39 is 4.92 Å². The van der Waals surface area contributed by atoms with Crippen molar-refractivity contribution in [2.24, 2.45) is 5.92 Å². The van der Waals surface area contributed by atoms with E-state index in [4.69, 9.17) is 0 Å². The number of aliphatic hydroxyl groups is 1. The van der Waals surface area contributed by atoms with Crippen LogP contribution in [0, 0.1) is 23.0 Å². The van der Waals surface area contributed by atoms with Gasteiger partial charge in [-0.25, -0.2) is 4.98 Å². The molecule has 1 heterocycles. The SMILES string of the molecule is Cc1cc([N+](=O)[O-])cnc1NCC1CCC(O)CC1. The van der Waals surface area contributed by atoms with Crippen molar-refractivity contribution in [2.45, 2.75) is 38.7 Å². The first-order valence-corrected chi connectivity index (χ1v) is 6.59. The van der Waals surface area contributed by atoms with E-state index in [1.807, 2.05) is 6.92 Å². The molecule has 1 aliphatic carbocycles. The Morgan fingerprint density at radius 3 is 2.74 bits per heavy atom. The highest BCUT2D eigenvalue weighted by Crippen LogP contribution is 2.25. The van der Waals surface area contributed by atoms with Crippen LogP contribution in [0.15, 0.2) is 12.3 Å². The summed E-state index contributed by atoms with van der Waals surface area (Å²) < 4.78 is 0. The summed E-state index contributed by atoms with van der Waals surface area (Å²) in [4.78, 5) is 14.3. The number of nitrogens with one attached hydrogen (secondary N) is 1. The molecule has 104 valence electrons. The summed E-state index contributed by atoms with van der Waals surface area (Å²) in [6, 6.07) is 1.53. The molecule has 0 amide bonds. The van der Waals surface area contributed by atoms with Crippen molar-refractivity contribution in [2.75, 3.05) is 11.9 Å². The molecule has 1 saturated carbocycles. The zero-order valence-corrected chi connectivity index (χ0v) is 11.0. The lowest BCUT2D eigenvalue weighted by atomic mass is 9.87. The molecule has 0 atom stereocenters. The van der Waals surface area contributed by atoms with Crippen molar-refractivity contribution in [3.8, 4) is 0 Å². The number of hydrogen-bond acceptors (Lipinski definition) is 5. The number of nitro groups is 1. The Bertz CT molecular complexity index is 456. The summed E-state index contributed by atoms with van der Waals surface area (Å²) in [7, 11) is 0. The second kappa shape index (κ2) is 5.97. The van der Waals surface area contributed by atoms with E-state index >= 15 is 0 Å². The number of hydrogen-bond donors (Lipinski definition) is 2. The molecule has 1 aromatic rings. The summed E-state index contributed by atoms with van der Waals surface area (Å²) in [6.07, 6.45) is 4.88. The van der Waals surface area contributed by atoms with Crippen molar-refractivity contribution < 1.29 is 10.0 Å². The van der Waals surface area contributed by atoms with E-state index in [1.165, 1.54) is 12.3 Å². The molecule has 1 aliphatic rings. The van der Waals surface area contributed by atoms with Gasteiger partial charge in [-0.05, 0) is 44.1 Å². The van der Waals surface area contributed by atoms with Crippen LogP contribution in [-0.4, -0.2) is 27.7 Å². The third-order valence-electron chi connectivity index (χ3n) is 3.65. The average Bonchev–Trinajstić information content (AvgIpc) is 2.39. The Labute approximate surface area is 112 Å². The van der Waals surface area contributed by atoms with E-state index in [2.05, 4.69) is 10.3 Å². The molecule has 0 spiro atoms. The first kappa shape index (κ1) is 13.7. The quantitative estimate of drug-likeness (QED) is 0.644. The lowest BCUT2D eigenvalue weighted by Gasteiger charge is -2.25. The van der Waals surface area contributed by atoms with Crippen LogP contribution in [0.5, 0.6) is 0 Å². The first-order valence-electron chi connectivity index (χ1n) is 6.59. The van der Waals surface area contributed by atoms with Gasteiger partial charge in [-0.2, -0.15) is 0 Å². The number of nitrogens with zero attached hydrogens (tertiary/aromatic N) is 2. The van der Waals surface area contributed by atoms with Gasteiger partial charge in [0, 0.05) is 12.6 Å². The standard InChI is InChI=1S/C13H19N3O3/c1-9-6-11(16(18)19)8-15-13(9)14-7-10-2-4-12(17)5-3-10/h6,8,10,12,17H,2-5,7H2,1H3,(H,14,15). The van der Waals surface area contributed by atoms with E-state index in [-0.39, 0.29) is 11.8 Å². The molecular formula is C13H19N3O3. The number of pyridine rings is 1. The lowest BCUT2D eigenvalue weighted by Crippen LogP contribution is -2.24. The fourth-order valence-electron chi connectivity index (χ4n) is 2.43. The van der Waals surface area contributed by atoms with Crippen LogP contribution in [-0.2, 0) is 0 Å². The molecule has 0 bridgehead atoms. The number of rotatable bonds is 4. The van der Waals surface area contributed by atoms with Crippen molar-refractivity contribution in [3.63, 3.8) is 0 Å². The topological polar surface area (TPSA) is 88.3 Å². The molecule has 6 nitrogen and oxygen atoms in total. The normalized spacial score (nSPS) is 23.1. The minimum absolute atomic E-state index is 0.0174. The highest BCUT2D eigenvalue weighted by Gasteiger charge is 2.19. The van der Waals surface area contributed by atoms with Crippen LogP contribution < -0.4 is 5.32 Å². The Hall–Kier alpha value is -1.69. The summed E-state index contributed by atoms with van der Waals surface area (Å²) in [5.74, 6) is 1.25. The molecular weight excluding hydrogens is 246 g/mol. The summed E-state index contributed by atoms with van der Waals surface area (Å²) in [5.41, 5.74) is 0.800. The zero-order valence-electron chi connectivity index (χ0n) is 11.0. The summed E-state index contributed by atoms with van der Waals surface area (Å²) in [6.45, 7) is 2.62. The number of anilines is 1. The van der Waals surface area contributed by atoms with Crippen LogP contribution in [0.2, 0.25) is 0 Å². The van der Waals surface area contributed by atoms with Crippen LogP contribution >= 0.6 is 0 Å². The highest BCUT2D eigenvalue weighted by atomic mass is 16.6. The van der Waals surface area contributed by atoms with Gasteiger partial charge in [0.2, 0.25) is 0 Å². The van der Waals surface area contributed by atoms with Gasteiger partial charge in [0.1, 0.15) is 12.0 Å². The maximum absolute atomic E-state index is 10.6. The molecule has 0 saturated heterocycles. The van der Waals surface area contributed by atoms with Gasteiger partial charge in [-0.3, -0.25) is 10.1 Å². The first-order chi connectivity index (χ1) is 9.06. The monoisotopic (exact) mass is 265 g/mol. The van der Waals surface area contributed by atoms with E-state index in [0.717, 1.165) is 37.8 Å². The van der Waals surface area contributed by atoms with E-state index in [9.17, 15) is 15.2 Å². The third-order valence-corrected chi connectivity index (χ3v) is 3.65. The van der Waals surface area contributed by atoms with Crippen molar-refractivity contribution in [1.29, 1.82) is 0 Å². The number of aryl methyl sites for hydroxylation is 1. The smallest absolute Gasteiger partial charge is 0.287 e. The van der Waals surface area contributed by atoms with Gasteiger partial charge in [0.05, 0.1) is 11.0 Å². The molecule has 0 aliphatic heterocycles. The fourth-order valence-corrected chi connectivity index (χ4v) is 2.43. The lowest BCUT2D eigenvalue weighted by molar-refractivity contribution is -0.385. The molecule has 1 aromatic heterocycles. The molecule has 6 heteroatoms. The maximum atomic E-state index is 10.6. The molecule has 0 unspecified atom stereocenters. The van der Waals surface area contributed by atoms with Crippen LogP contribution in [0.4, 0.5) is 11.5 Å². The fraction of sp³-hybridized carbons (Fsp3) is 0.615. The van der Waals surface area contributed by atoms with Gasteiger partial charge < -0.3 is 10.4 Å². The number of aliphatic hydroxyl groups excluding tert-OH is 1. The van der Waals surface area contributed by atoms with Crippen molar-refractivity contribution in [1.82, 2.24) is 4.98 Å². The van der Waals surface area contributed by atoms with Gasteiger partial charge in [-0.15, -0.1) is 0 Å². The van der Waals surface area contributed by atoms with Gasteiger partial charge >= 0.3 is 0 Å². The van der Waals surface area contributed by atoms with Gasteiger partial charge in [0.15, 0.2) is 0 Å². The second-order valence-electron chi connectivity index (χ2n) is 5.17. The van der Waals surface area contributed by atoms with Crippen LogP contribution in [0.1, 0.15) is 31.2 Å². The van der Waals surface area contributed by atoms with Crippen LogP contribution in [0.25, 0.3) is 0 Å². The largest absolute Gasteiger partial charge is 0.393 e. The molecule has 2 N–H and O–H groups in total. The molecule has 0 radical (unpaired) electrons. The molecule has 0 aromatic carbocycles. The van der Waals surface area contributed by atoms with Crippen LogP contribution in [0.3, 0.4) is 0 Å². The minimum Gasteiger partial charge on any atom is -0.393 e. The molecule has 1 fully saturated rings. The van der Waals surface area contributed by atoms with E-state index in [1.54, 1.807) is 0 Å². The Morgan fingerprint density at radius 1 is 1.47 bits per heavy atom. The number of aromatic nitrogens is 1. The summed E-state index contributed by atoms with van der Waals surface area (Å²) in [5, 5.41) is 23.3. The predicted octanol–water partition coefficient (Wildman–Crippen LogP) is 2.26. The van der Waals surface area contributed by atoms with Gasteiger partial charge in [-0.1, -0.05) is 0 Å². The zero-order chi connectivity index (χ0) is 13.8. The third kappa shape index (κ3) is 3.64. The van der Waals surface area contributed by atoms with Gasteiger partial charge in [0.25, 0.3) is 5.69 Å². The van der Waals surface area contributed by atoms with Crippen molar-refractivity contribution in [3.05, 3.63) is 27.9 Å². The maximum Gasteiger partial charge on any atom is 0.287 e. The Balaban J connectivity index is 1.91. The summed E-state index contributed by atoms with van der Waals surface area (Å²) >= 11 is 0. The second-order valence-corrected chi connectivity index (χ2v) is 5.17. The Morgan fingerprint density at radius 2 is 2.16 bits per heavy atom. The molecule has 2 rings (SSSR count). The minimum atomic E-state index is -0.438.